The minimum atomic E-state index is -4.29. The van der Waals surface area contributed by atoms with Gasteiger partial charge >= 0.3 is 12.3 Å². The fraction of sp³-hybridized carbons (Fsp3) is 0.500. The van der Waals surface area contributed by atoms with Crippen LogP contribution in [0.3, 0.4) is 0 Å². The maximum absolute atomic E-state index is 12.7. The molecule has 138 valence electrons. The van der Waals surface area contributed by atoms with E-state index >= 15 is 0 Å². The molecule has 0 aliphatic carbocycles. The van der Waals surface area contributed by atoms with Crippen molar-refractivity contribution in [1.29, 1.82) is 0 Å². The molecule has 0 radical (unpaired) electrons. The lowest BCUT2D eigenvalue weighted by molar-refractivity contribution is -0.168. The molecule has 2 amide bonds. The van der Waals surface area contributed by atoms with Crippen molar-refractivity contribution in [2.45, 2.75) is 24.7 Å². The predicted octanol–water partition coefficient (Wildman–Crippen LogP) is 2.17. The zero-order chi connectivity index (χ0) is 18.6. The molecular weight excluding hydrogens is 344 g/mol. The van der Waals surface area contributed by atoms with E-state index < -0.39 is 31.5 Å². The molecule has 1 aliphatic heterocycles. The van der Waals surface area contributed by atoms with Gasteiger partial charge in [-0.2, -0.15) is 8.78 Å². The zero-order valence-corrected chi connectivity index (χ0v) is 13.5. The second-order valence-electron chi connectivity index (χ2n) is 5.77. The molecule has 2 rings (SSSR count). The molecular formula is C16H18F4N2O3. The number of hydrogen-bond acceptors (Lipinski definition) is 3. The van der Waals surface area contributed by atoms with Gasteiger partial charge in [-0.15, -0.1) is 0 Å². The summed E-state index contributed by atoms with van der Waals surface area (Å²) in [5.41, 5.74) is 1.63. The summed E-state index contributed by atoms with van der Waals surface area (Å²) in [7, 11) is 1.66. The quantitative estimate of drug-likeness (QED) is 0.757. The number of ether oxygens (including phenoxy) is 1. The van der Waals surface area contributed by atoms with Gasteiger partial charge in [0.2, 0.25) is 11.8 Å². The molecule has 1 aliphatic rings. The van der Waals surface area contributed by atoms with Crippen molar-refractivity contribution in [1.82, 2.24) is 5.32 Å². The Morgan fingerprint density at radius 1 is 1.40 bits per heavy atom. The van der Waals surface area contributed by atoms with Crippen LogP contribution in [0.5, 0.6) is 0 Å². The van der Waals surface area contributed by atoms with Gasteiger partial charge in [-0.3, -0.25) is 9.59 Å². The molecule has 1 N–H and O–H groups in total. The van der Waals surface area contributed by atoms with Crippen molar-refractivity contribution in [2.75, 3.05) is 31.7 Å². The molecule has 1 aromatic carbocycles. The highest BCUT2D eigenvalue weighted by atomic mass is 19.3. The number of alkyl halides is 4. The van der Waals surface area contributed by atoms with Crippen LogP contribution in [-0.2, 0) is 14.3 Å². The Labute approximate surface area is 141 Å². The van der Waals surface area contributed by atoms with Crippen molar-refractivity contribution < 1.29 is 31.9 Å². The summed E-state index contributed by atoms with van der Waals surface area (Å²) in [4.78, 5) is 25.2. The van der Waals surface area contributed by atoms with E-state index in [2.05, 4.69) is 10.1 Å². The Bertz CT molecular complexity index is 640. The van der Waals surface area contributed by atoms with E-state index in [0.717, 1.165) is 11.3 Å². The molecule has 5 nitrogen and oxygen atoms in total. The maximum Gasteiger partial charge on any atom is 0.330 e. The minimum absolute atomic E-state index is 0.106. The fourth-order valence-corrected chi connectivity index (χ4v) is 2.54. The molecule has 0 bridgehead atoms. The molecule has 0 aromatic heterocycles. The first kappa shape index (κ1) is 19.2. The van der Waals surface area contributed by atoms with E-state index in [0.29, 0.717) is 0 Å². The number of amides is 2. The number of fused-ring (bicyclic) bond motifs is 1. The molecule has 9 heteroatoms. The number of carbonyl (C=O) groups is 2. The van der Waals surface area contributed by atoms with Gasteiger partial charge in [0.1, 0.15) is 13.2 Å². The molecule has 0 fully saturated rings. The smallest absolute Gasteiger partial charge is 0.330 e. The van der Waals surface area contributed by atoms with Crippen LogP contribution >= 0.6 is 0 Å². The standard InChI is InChI=1S/C16H18F4N2O3/c1-22-12-5-3-2-4-11(12)10(6-14(22)24)7-21-13(23)8-25-9-16(19,20)15(17)18/h2-5,10,15H,6-9H2,1H3,(H,21,23)/t10-/m1/s1. The highest BCUT2D eigenvalue weighted by molar-refractivity contribution is 5.96. The molecule has 1 atom stereocenters. The first-order valence-corrected chi connectivity index (χ1v) is 7.58. The van der Waals surface area contributed by atoms with Crippen LogP contribution in [0.25, 0.3) is 0 Å². The summed E-state index contributed by atoms with van der Waals surface area (Å²) in [6.45, 7) is -2.18. The van der Waals surface area contributed by atoms with Crippen LogP contribution in [0.1, 0.15) is 17.9 Å². The summed E-state index contributed by atoms with van der Waals surface area (Å²) < 4.78 is 53.6. The second kappa shape index (κ2) is 7.81. The molecule has 0 spiro atoms. The predicted molar refractivity (Wildman–Crippen MR) is 82.0 cm³/mol. The number of halogens is 4. The van der Waals surface area contributed by atoms with Gasteiger partial charge in [-0.05, 0) is 11.6 Å². The molecule has 0 unspecified atom stereocenters. The highest BCUT2D eigenvalue weighted by Crippen LogP contribution is 2.34. The number of nitrogens with one attached hydrogen (secondary N) is 1. The van der Waals surface area contributed by atoms with E-state index in [9.17, 15) is 27.2 Å². The molecule has 1 aromatic rings. The zero-order valence-electron chi connectivity index (χ0n) is 13.5. The third kappa shape index (κ3) is 4.68. The van der Waals surface area contributed by atoms with Gasteiger partial charge in [0.25, 0.3) is 0 Å². The van der Waals surface area contributed by atoms with Crippen LogP contribution in [-0.4, -0.2) is 51.0 Å². The summed E-state index contributed by atoms with van der Waals surface area (Å²) in [6.07, 6.45) is -3.66. The van der Waals surface area contributed by atoms with Crippen molar-refractivity contribution >= 4 is 17.5 Å². The Balaban J connectivity index is 1.86. The first-order valence-electron chi connectivity index (χ1n) is 7.58. The summed E-state index contributed by atoms with van der Waals surface area (Å²) in [5.74, 6) is -5.37. The largest absolute Gasteiger partial charge is 0.365 e. The van der Waals surface area contributed by atoms with E-state index in [1.54, 1.807) is 19.2 Å². The molecule has 1 heterocycles. The van der Waals surface area contributed by atoms with E-state index in [4.69, 9.17) is 0 Å². The molecule has 0 saturated heterocycles. The van der Waals surface area contributed by atoms with Crippen LogP contribution < -0.4 is 10.2 Å². The number of carbonyl (C=O) groups excluding carboxylic acids is 2. The molecule has 25 heavy (non-hydrogen) atoms. The van der Waals surface area contributed by atoms with Crippen molar-refractivity contribution in [2.24, 2.45) is 0 Å². The van der Waals surface area contributed by atoms with Crippen molar-refractivity contribution in [3.8, 4) is 0 Å². The van der Waals surface area contributed by atoms with Gasteiger partial charge in [-0.1, -0.05) is 18.2 Å². The van der Waals surface area contributed by atoms with Crippen LogP contribution in [0, 0.1) is 0 Å². The summed E-state index contributed by atoms with van der Waals surface area (Å²) in [5, 5.41) is 2.48. The van der Waals surface area contributed by atoms with Crippen molar-refractivity contribution in [3.63, 3.8) is 0 Å². The van der Waals surface area contributed by atoms with Gasteiger partial charge in [0, 0.05) is 31.6 Å². The topological polar surface area (TPSA) is 58.6 Å². The second-order valence-corrected chi connectivity index (χ2v) is 5.77. The molecule has 0 saturated carbocycles. The number of hydrogen-bond donors (Lipinski definition) is 1. The monoisotopic (exact) mass is 362 g/mol. The van der Waals surface area contributed by atoms with E-state index in [1.165, 1.54) is 4.90 Å². The third-order valence-corrected chi connectivity index (χ3v) is 3.93. The normalized spacial score (nSPS) is 17.6. The number of nitrogens with zero attached hydrogens (tertiary/aromatic N) is 1. The number of para-hydroxylation sites is 1. The van der Waals surface area contributed by atoms with Crippen LogP contribution in [0.2, 0.25) is 0 Å². The maximum atomic E-state index is 12.7. The lowest BCUT2D eigenvalue weighted by Crippen LogP contribution is -2.39. The highest BCUT2D eigenvalue weighted by Gasteiger charge is 2.41. The van der Waals surface area contributed by atoms with Crippen LogP contribution in [0.15, 0.2) is 24.3 Å². The third-order valence-electron chi connectivity index (χ3n) is 3.93. The summed E-state index contributed by atoms with van der Waals surface area (Å²) >= 11 is 0. The fourth-order valence-electron chi connectivity index (χ4n) is 2.54. The lowest BCUT2D eigenvalue weighted by Gasteiger charge is -2.31. The Hall–Kier alpha value is -2.16. The summed E-state index contributed by atoms with van der Waals surface area (Å²) in [6, 6.07) is 7.24. The van der Waals surface area contributed by atoms with Gasteiger partial charge in [0.05, 0.1) is 0 Å². The van der Waals surface area contributed by atoms with Gasteiger partial charge < -0.3 is 15.0 Å². The first-order chi connectivity index (χ1) is 11.7. The van der Waals surface area contributed by atoms with Gasteiger partial charge in [-0.25, -0.2) is 8.78 Å². The Morgan fingerprint density at radius 3 is 2.76 bits per heavy atom. The van der Waals surface area contributed by atoms with Crippen molar-refractivity contribution in [3.05, 3.63) is 29.8 Å². The number of benzene rings is 1. The minimum Gasteiger partial charge on any atom is -0.365 e. The lowest BCUT2D eigenvalue weighted by atomic mass is 9.89. The average Bonchev–Trinajstić information content (AvgIpc) is 2.56. The Morgan fingerprint density at radius 2 is 2.08 bits per heavy atom. The van der Waals surface area contributed by atoms with E-state index in [-0.39, 0.29) is 24.8 Å². The van der Waals surface area contributed by atoms with Crippen LogP contribution in [0.4, 0.5) is 23.2 Å². The number of anilines is 1. The van der Waals surface area contributed by atoms with E-state index in [1.807, 2.05) is 12.1 Å². The SMILES string of the molecule is CN1C(=O)C[C@H](CNC(=O)COCC(F)(F)C(F)F)c2ccccc21. The number of rotatable bonds is 7. The van der Waals surface area contributed by atoms with Gasteiger partial charge in [0.15, 0.2) is 0 Å². The Kier molecular flexibility index (Phi) is 5.99. The average molecular weight is 362 g/mol.